The van der Waals surface area contributed by atoms with Crippen molar-refractivity contribution in [2.75, 3.05) is 0 Å². The molecule has 0 heterocycles. The second kappa shape index (κ2) is 6.32. The molecule has 3 N–H and O–H groups in total. The number of hydrogen-bond donors (Lipinski definition) is 2. The highest BCUT2D eigenvalue weighted by Crippen LogP contribution is 2.34. The van der Waals surface area contributed by atoms with Crippen LogP contribution in [0.25, 0.3) is 0 Å². The highest BCUT2D eigenvalue weighted by atomic mass is 79.9. The molecule has 0 spiro atoms. The fourth-order valence-electron chi connectivity index (χ4n) is 1.43. The number of oxime groups is 1. The number of benzene rings is 2. The lowest BCUT2D eigenvalue weighted by atomic mass is 10.2. The summed E-state index contributed by atoms with van der Waals surface area (Å²) in [5.41, 5.74) is 6.10. The van der Waals surface area contributed by atoms with Gasteiger partial charge in [-0.15, -0.1) is 0 Å². The van der Waals surface area contributed by atoms with Crippen LogP contribution in [0.2, 0.25) is 5.02 Å². The number of nitrogens with two attached hydrogens (primary N) is 1. The summed E-state index contributed by atoms with van der Waals surface area (Å²) in [6.45, 7) is 0. The van der Waals surface area contributed by atoms with E-state index in [9.17, 15) is 0 Å². The van der Waals surface area contributed by atoms with Gasteiger partial charge in [0, 0.05) is 19.8 Å². The quantitative estimate of drug-likeness (QED) is 0.371. The van der Waals surface area contributed by atoms with Crippen molar-refractivity contribution in [3.8, 4) is 0 Å². The fourth-order valence-corrected chi connectivity index (χ4v) is 2.81. The molecular weight excluding hydrogens is 348 g/mol. The largest absolute Gasteiger partial charge is 0.409 e. The molecule has 0 aromatic heterocycles. The van der Waals surface area contributed by atoms with Gasteiger partial charge in [-0.2, -0.15) is 0 Å². The van der Waals surface area contributed by atoms with Crippen molar-refractivity contribution in [1.82, 2.24) is 0 Å². The molecule has 2 rings (SSSR count). The Morgan fingerprint density at radius 3 is 2.47 bits per heavy atom. The molecule has 0 unspecified atom stereocenters. The summed E-state index contributed by atoms with van der Waals surface area (Å²) in [5, 5.41) is 12.1. The van der Waals surface area contributed by atoms with Crippen molar-refractivity contribution in [2.45, 2.75) is 9.79 Å². The predicted molar refractivity (Wildman–Crippen MR) is 82.2 cm³/mol. The van der Waals surface area contributed by atoms with Crippen molar-refractivity contribution < 1.29 is 5.21 Å². The first-order valence-electron chi connectivity index (χ1n) is 5.31. The van der Waals surface area contributed by atoms with E-state index in [1.165, 1.54) is 0 Å². The molecule has 0 amide bonds. The van der Waals surface area contributed by atoms with E-state index < -0.39 is 0 Å². The SMILES string of the molecule is NC(=NO)c1ccc(Sc2ccc(Br)cc2)c(Cl)c1. The average Bonchev–Trinajstić information content (AvgIpc) is 2.42. The van der Waals surface area contributed by atoms with Crippen molar-refractivity contribution >= 4 is 45.1 Å². The average molecular weight is 358 g/mol. The Morgan fingerprint density at radius 1 is 1.21 bits per heavy atom. The van der Waals surface area contributed by atoms with Crippen LogP contribution in [0, 0.1) is 0 Å². The molecule has 0 saturated carbocycles. The third-order valence-electron chi connectivity index (χ3n) is 2.38. The van der Waals surface area contributed by atoms with Crippen molar-refractivity contribution in [2.24, 2.45) is 10.9 Å². The maximum atomic E-state index is 8.62. The zero-order valence-electron chi connectivity index (χ0n) is 9.68. The van der Waals surface area contributed by atoms with Crippen LogP contribution in [0.15, 0.2) is 61.9 Å². The monoisotopic (exact) mass is 356 g/mol. The fraction of sp³-hybridized carbons (Fsp3) is 0. The van der Waals surface area contributed by atoms with Crippen LogP contribution in [0.1, 0.15) is 5.56 Å². The van der Waals surface area contributed by atoms with E-state index in [-0.39, 0.29) is 5.84 Å². The molecule has 2 aromatic rings. The van der Waals surface area contributed by atoms with Gasteiger partial charge in [0.1, 0.15) is 0 Å². The Balaban J connectivity index is 2.24. The lowest BCUT2D eigenvalue weighted by Gasteiger charge is -2.06. The molecule has 0 aliphatic carbocycles. The summed E-state index contributed by atoms with van der Waals surface area (Å²) in [4.78, 5) is 2.00. The topological polar surface area (TPSA) is 58.6 Å². The normalized spacial score (nSPS) is 11.6. The van der Waals surface area contributed by atoms with Gasteiger partial charge in [0.15, 0.2) is 5.84 Å². The minimum Gasteiger partial charge on any atom is -0.409 e. The lowest BCUT2D eigenvalue weighted by molar-refractivity contribution is 0.318. The predicted octanol–water partition coefficient (Wildman–Crippen LogP) is 4.35. The minimum atomic E-state index is 0.0436. The first-order valence-corrected chi connectivity index (χ1v) is 7.30. The Morgan fingerprint density at radius 2 is 1.89 bits per heavy atom. The number of hydrogen-bond acceptors (Lipinski definition) is 3. The molecule has 0 fully saturated rings. The van der Waals surface area contributed by atoms with Crippen LogP contribution in [-0.4, -0.2) is 11.0 Å². The summed E-state index contributed by atoms with van der Waals surface area (Å²) in [6.07, 6.45) is 0. The van der Waals surface area contributed by atoms with Crippen LogP contribution in [0.4, 0.5) is 0 Å². The molecule has 3 nitrogen and oxygen atoms in total. The molecule has 6 heteroatoms. The maximum absolute atomic E-state index is 8.62. The maximum Gasteiger partial charge on any atom is 0.170 e. The molecule has 98 valence electrons. The van der Waals surface area contributed by atoms with Gasteiger partial charge in [0.2, 0.25) is 0 Å². The van der Waals surface area contributed by atoms with Crippen molar-refractivity contribution in [3.63, 3.8) is 0 Å². The molecule has 0 radical (unpaired) electrons. The molecular formula is C13H10BrClN2OS. The molecule has 2 aromatic carbocycles. The van der Waals surface area contributed by atoms with E-state index in [0.29, 0.717) is 10.6 Å². The summed E-state index contributed by atoms with van der Waals surface area (Å²) < 4.78 is 1.03. The zero-order valence-corrected chi connectivity index (χ0v) is 12.8. The number of amidine groups is 1. The summed E-state index contributed by atoms with van der Waals surface area (Å²) in [6, 6.07) is 13.2. The van der Waals surface area contributed by atoms with Gasteiger partial charge in [-0.25, -0.2) is 0 Å². The Hall–Kier alpha value is -1.17. The van der Waals surface area contributed by atoms with Crippen LogP contribution >= 0.6 is 39.3 Å². The second-order valence-corrected chi connectivity index (χ2v) is 6.12. The van der Waals surface area contributed by atoms with Gasteiger partial charge in [-0.3, -0.25) is 0 Å². The summed E-state index contributed by atoms with van der Waals surface area (Å²) >= 11 is 11.1. The van der Waals surface area contributed by atoms with Gasteiger partial charge in [-0.05, 0) is 42.5 Å². The van der Waals surface area contributed by atoms with Crippen LogP contribution in [0.3, 0.4) is 0 Å². The zero-order chi connectivity index (χ0) is 13.8. The standard InChI is InChI=1S/C13H10BrClN2OS/c14-9-2-4-10(5-3-9)19-12-6-1-8(7-11(12)15)13(16)17-18/h1-7,18H,(H2,16,17). The highest BCUT2D eigenvalue weighted by molar-refractivity contribution is 9.10. The van der Waals surface area contributed by atoms with E-state index in [1.807, 2.05) is 30.3 Å². The first kappa shape index (κ1) is 14.2. The van der Waals surface area contributed by atoms with Crippen LogP contribution in [-0.2, 0) is 0 Å². The number of nitrogens with zero attached hydrogens (tertiary/aromatic N) is 1. The number of rotatable bonds is 3. The molecule has 19 heavy (non-hydrogen) atoms. The Bertz CT molecular complexity index is 617. The van der Waals surface area contributed by atoms with E-state index in [0.717, 1.165) is 14.3 Å². The molecule has 0 aliphatic heterocycles. The lowest BCUT2D eigenvalue weighted by Crippen LogP contribution is -2.12. The third-order valence-corrected chi connectivity index (χ3v) is 4.41. The third kappa shape index (κ3) is 3.65. The van der Waals surface area contributed by atoms with Crippen molar-refractivity contribution in [3.05, 3.63) is 57.5 Å². The molecule has 0 aliphatic rings. The van der Waals surface area contributed by atoms with E-state index in [2.05, 4.69) is 21.1 Å². The van der Waals surface area contributed by atoms with Gasteiger partial charge in [0.05, 0.1) is 5.02 Å². The van der Waals surface area contributed by atoms with Crippen LogP contribution < -0.4 is 5.73 Å². The van der Waals surface area contributed by atoms with E-state index >= 15 is 0 Å². The van der Waals surface area contributed by atoms with Crippen LogP contribution in [0.5, 0.6) is 0 Å². The smallest absolute Gasteiger partial charge is 0.170 e. The van der Waals surface area contributed by atoms with Crippen molar-refractivity contribution in [1.29, 1.82) is 0 Å². The summed E-state index contributed by atoms with van der Waals surface area (Å²) in [5.74, 6) is 0.0436. The van der Waals surface area contributed by atoms with Gasteiger partial charge >= 0.3 is 0 Å². The molecule has 0 bridgehead atoms. The van der Waals surface area contributed by atoms with Gasteiger partial charge < -0.3 is 10.9 Å². The van der Waals surface area contributed by atoms with E-state index in [1.54, 1.807) is 23.9 Å². The van der Waals surface area contributed by atoms with Gasteiger partial charge in [0.25, 0.3) is 0 Å². The highest BCUT2D eigenvalue weighted by Gasteiger charge is 2.06. The minimum absolute atomic E-state index is 0.0436. The molecule has 0 saturated heterocycles. The second-order valence-electron chi connectivity index (χ2n) is 3.69. The summed E-state index contributed by atoms with van der Waals surface area (Å²) in [7, 11) is 0. The number of halogens is 2. The Labute approximate surface area is 128 Å². The first-order chi connectivity index (χ1) is 9.10. The molecule has 0 atom stereocenters. The van der Waals surface area contributed by atoms with Gasteiger partial charge in [-0.1, -0.05) is 44.4 Å². The van der Waals surface area contributed by atoms with E-state index in [4.69, 9.17) is 22.5 Å². The Kier molecular flexibility index (Phi) is 4.74.